The molecular formula is C11H8BrF4NO3. The number of ether oxygens (including phenoxy) is 1. The molecule has 1 N–H and O–H groups in total. The smallest absolute Gasteiger partial charge is 0.417 e. The van der Waals surface area contributed by atoms with Gasteiger partial charge < -0.3 is 10.1 Å². The van der Waals surface area contributed by atoms with Gasteiger partial charge in [0.2, 0.25) is 5.91 Å². The van der Waals surface area contributed by atoms with Gasteiger partial charge in [-0.05, 0) is 22.0 Å². The molecule has 0 fully saturated rings. The van der Waals surface area contributed by atoms with E-state index in [-0.39, 0.29) is 0 Å². The van der Waals surface area contributed by atoms with E-state index in [2.05, 4.69) is 20.7 Å². The average molecular weight is 358 g/mol. The molecule has 0 aliphatic carbocycles. The summed E-state index contributed by atoms with van der Waals surface area (Å²) in [6.07, 6.45) is -4.88. The molecule has 1 aromatic carbocycles. The number of carbonyl (C=O) groups is 2. The topological polar surface area (TPSA) is 55.4 Å². The van der Waals surface area contributed by atoms with Crippen LogP contribution in [0.15, 0.2) is 10.5 Å². The Morgan fingerprint density at radius 1 is 1.35 bits per heavy atom. The summed E-state index contributed by atoms with van der Waals surface area (Å²) in [5.74, 6) is -3.36. The summed E-state index contributed by atoms with van der Waals surface area (Å²) >= 11 is 2.46. The number of benzene rings is 1. The molecule has 4 nitrogen and oxygen atoms in total. The van der Waals surface area contributed by atoms with Crippen LogP contribution in [0, 0.1) is 5.82 Å². The van der Waals surface area contributed by atoms with Crippen molar-refractivity contribution in [3.8, 4) is 0 Å². The summed E-state index contributed by atoms with van der Waals surface area (Å²) in [5.41, 5.74) is -2.79. The van der Waals surface area contributed by atoms with Crippen molar-refractivity contribution < 1.29 is 31.9 Å². The van der Waals surface area contributed by atoms with Crippen molar-refractivity contribution in [1.82, 2.24) is 0 Å². The zero-order chi connectivity index (χ0) is 15.7. The summed E-state index contributed by atoms with van der Waals surface area (Å²) in [6.45, 7) is 1.02. The quantitative estimate of drug-likeness (QED) is 0.652. The van der Waals surface area contributed by atoms with Crippen molar-refractivity contribution in [2.45, 2.75) is 13.1 Å². The molecule has 9 heteroatoms. The summed E-state index contributed by atoms with van der Waals surface area (Å²) in [6, 6.07) is 0.407. The standard InChI is InChI=1S/C11H8BrF4NO3/c1-4(18)17-9-5(10(19)20-2)3-6(11(14,15)16)7(12)8(9)13/h3H,1-2H3,(H,17,18). The normalized spacial score (nSPS) is 11.2. The molecule has 1 amide bonds. The lowest BCUT2D eigenvalue weighted by atomic mass is 10.1. The van der Waals surface area contributed by atoms with Crippen LogP contribution >= 0.6 is 15.9 Å². The second-order valence-electron chi connectivity index (χ2n) is 3.65. The lowest BCUT2D eigenvalue weighted by molar-refractivity contribution is -0.138. The molecule has 0 atom stereocenters. The van der Waals surface area contributed by atoms with E-state index in [1.807, 2.05) is 5.32 Å². The molecular weight excluding hydrogens is 350 g/mol. The predicted molar refractivity (Wildman–Crippen MR) is 64.7 cm³/mol. The van der Waals surface area contributed by atoms with Crippen LogP contribution in [-0.2, 0) is 15.7 Å². The first-order chi connectivity index (χ1) is 9.09. The average Bonchev–Trinajstić information content (AvgIpc) is 2.32. The monoisotopic (exact) mass is 357 g/mol. The summed E-state index contributed by atoms with van der Waals surface area (Å²) in [4.78, 5) is 22.4. The minimum atomic E-state index is -4.88. The molecule has 0 bridgehead atoms. The second kappa shape index (κ2) is 5.78. The van der Waals surface area contributed by atoms with Crippen molar-refractivity contribution in [2.24, 2.45) is 0 Å². The highest BCUT2D eigenvalue weighted by molar-refractivity contribution is 9.10. The molecule has 0 saturated heterocycles. The third-order valence-electron chi connectivity index (χ3n) is 2.22. The fourth-order valence-corrected chi connectivity index (χ4v) is 1.94. The van der Waals surface area contributed by atoms with Crippen LogP contribution in [0.25, 0.3) is 0 Å². The van der Waals surface area contributed by atoms with Gasteiger partial charge in [-0.1, -0.05) is 0 Å². The minimum Gasteiger partial charge on any atom is -0.465 e. The van der Waals surface area contributed by atoms with Crippen LogP contribution in [0.1, 0.15) is 22.8 Å². The van der Waals surface area contributed by atoms with Gasteiger partial charge in [0.15, 0.2) is 5.82 Å². The number of hydrogen-bond acceptors (Lipinski definition) is 3. The maximum atomic E-state index is 13.9. The van der Waals surface area contributed by atoms with Crippen molar-refractivity contribution in [3.05, 3.63) is 27.5 Å². The molecule has 0 radical (unpaired) electrons. The number of nitrogens with one attached hydrogen (secondary N) is 1. The number of carbonyl (C=O) groups excluding carboxylic acids is 2. The highest BCUT2D eigenvalue weighted by atomic mass is 79.9. The van der Waals surface area contributed by atoms with Gasteiger partial charge in [-0.25, -0.2) is 9.18 Å². The Kier molecular flexibility index (Phi) is 4.74. The van der Waals surface area contributed by atoms with Crippen LogP contribution in [0.3, 0.4) is 0 Å². The van der Waals surface area contributed by atoms with E-state index >= 15 is 0 Å². The number of hydrogen-bond donors (Lipinski definition) is 1. The maximum absolute atomic E-state index is 13.9. The van der Waals surface area contributed by atoms with Gasteiger partial charge in [0.25, 0.3) is 0 Å². The van der Waals surface area contributed by atoms with Gasteiger partial charge in [-0.3, -0.25) is 4.79 Å². The minimum absolute atomic E-state index is 0.407. The number of rotatable bonds is 2. The van der Waals surface area contributed by atoms with Crippen LogP contribution < -0.4 is 5.32 Å². The molecule has 0 saturated carbocycles. The maximum Gasteiger partial charge on any atom is 0.417 e. The Morgan fingerprint density at radius 2 is 1.90 bits per heavy atom. The fourth-order valence-electron chi connectivity index (χ4n) is 1.40. The molecule has 20 heavy (non-hydrogen) atoms. The Balaban J connectivity index is 3.64. The third-order valence-corrected chi connectivity index (χ3v) is 2.99. The van der Waals surface area contributed by atoms with Gasteiger partial charge in [-0.15, -0.1) is 0 Å². The number of methoxy groups -OCH3 is 1. The van der Waals surface area contributed by atoms with E-state index in [1.54, 1.807) is 0 Å². The molecule has 1 rings (SSSR count). The number of anilines is 1. The number of alkyl halides is 3. The Morgan fingerprint density at radius 3 is 2.30 bits per heavy atom. The van der Waals surface area contributed by atoms with E-state index in [0.717, 1.165) is 14.0 Å². The first-order valence-electron chi connectivity index (χ1n) is 5.04. The van der Waals surface area contributed by atoms with Gasteiger partial charge in [0.05, 0.1) is 28.4 Å². The Bertz CT molecular complexity index is 572. The highest BCUT2D eigenvalue weighted by Crippen LogP contribution is 2.40. The van der Waals surface area contributed by atoms with Gasteiger partial charge >= 0.3 is 12.1 Å². The van der Waals surface area contributed by atoms with Crippen molar-refractivity contribution in [3.63, 3.8) is 0 Å². The van der Waals surface area contributed by atoms with Crippen molar-refractivity contribution in [2.75, 3.05) is 12.4 Å². The van der Waals surface area contributed by atoms with E-state index in [9.17, 15) is 27.2 Å². The molecule has 0 aromatic heterocycles. The lowest BCUT2D eigenvalue weighted by Crippen LogP contribution is -2.17. The van der Waals surface area contributed by atoms with E-state index in [4.69, 9.17) is 0 Å². The van der Waals surface area contributed by atoms with Gasteiger partial charge in [0, 0.05) is 6.92 Å². The van der Waals surface area contributed by atoms with Crippen molar-refractivity contribution >= 4 is 33.5 Å². The van der Waals surface area contributed by atoms with Crippen LogP contribution in [-0.4, -0.2) is 19.0 Å². The van der Waals surface area contributed by atoms with E-state index in [0.29, 0.717) is 6.07 Å². The first kappa shape index (κ1) is 16.4. The highest BCUT2D eigenvalue weighted by Gasteiger charge is 2.37. The molecule has 110 valence electrons. The molecule has 0 aliphatic heterocycles. The van der Waals surface area contributed by atoms with Crippen LogP contribution in [0.2, 0.25) is 0 Å². The van der Waals surface area contributed by atoms with Gasteiger partial charge in [0.1, 0.15) is 0 Å². The largest absolute Gasteiger partial charge is 0.465 e. The summed E-state index contributed by atoms with van der Waals surface area (Å²) in [7, 11) is 0.924. The molecule has 0 spiro atoms. The van der Waals surface area contributed by atoms with Gasteiger partial charge in [-0.2, -0.15) is 13.2 Å². The van der Waals surface area contributed by atoms with Crippen LogP contribution in [0.4, 0.5) is 23.2 Å². The molecule has 0 heterocycles. The number of esters is 1. The summed E-state index contributed by atoms with van der Waals surface area (Å²) < 4.78 is 55.5. The predicted octanol–water partition coefficient (Wildman–Crippen LogP) is 3.35. The number of halogens is 5. The van der Waals surface area contributed by atoms with Crippen molar-refractivity contribution in [1.29, 1.82) is 0 Å². The Labute approximate surface area is 119 Å². The second-order valence-corrected chi connectivity index (χ2v) is 4.44. The third kappa shape index (κ3) is 3.27. The SMILES string of the molecule is COC(=O)c1cc(C(F)(F)F)c(Br)c(F)c1NC(C)=O. The zero-order valence-electron chi connectivity index (χ0n) is 10.2. The summed E-state index contributed by atoms with van der Waals surface area (Å²) in [5, 5.41) is 1.96. The molecule has 0 unspecified atom stereocenters. The zero-order valence-corrected chi connectivity index (χ0v) is 11.8. The lowest BCUT2D eigenvalue weighted by Gasteiger charge is -2.16. The van der Waals surface area contributed by atoms with E-state index in [1.165, 1.54) is 0 Å². The Hall–Kier alpha value is -1.64. The first-order valence-corrected chi connectivity index (χ1v) is 5.84. The van der Waals surface area contributed by atoms with E-state index < -0.39 is 45.2 Å². The molecule has 0 aliphatic rings. The fraction of sp³-hybridized carbons (Fsp3) is 0.273. The molecule has 1 aromatic rings. The number of amides is 1. The van der Waals surface area contributed by atoms with Crippen LogP contribution in [0.5, 0.6) is 0 Å².